The molecule has 1 aromatic carbocycles. The fraction of sp³-hybridized carbons (Fsp3) is 0.118. The Labute approximate surface area is 129 Å². The maximum atomic E-state index is 12.0. The lowest BCUT2D eigenvalue weighted by Crippen LogP contribution is -2.16. The maximum absolute atomic E-state index is 12.0. The minimum absolute atomic E-state index is 0.0237. The summed E-state index contributed by atoms with van der Waals surface area (Å²) < 4.78 is 0. The number of carbonyl (C=O) groups excluding carboxylic acids is 1. The van der Waals surface area contributed by atoms with E-state index in [1.54, 1.807) is 18.5 Å². The number of nitrogens with one attached hydrogen (secondary N) is 2. The third kappa shape index (κ3) is 4.46. The van der Waals surface area contributed by atoms with Gasteiger partial charge in [0.15, 0.2) is 0 Å². The summed E-state index contributed by atoms with van der Waals surface area (Å²) in [5.74, 6) is -0.435. The molecule has 1 heterocycles. The second-order valence-electron chi connectivity index (χ2n) is 4.73. The fourth-order valence-electron chi connectivity index (χ4n) is 1.84. The zero-order valence-corrected chi connectivity index (χ0v) is 12.2. The van der Waals surface area contributed by atoms with Crippen LogP contribution in [0.4, 0.5) is 5.69 Å². The molecule has 1 aromatic heterocycles. The van der Waals surface area contributed by atoms with E-state index in [2.05, 4.69) is 15.6 Å². The molecule has 0 bridgehead atoms. The third-order valence-electron chi connectivity index (χ3n) is 2.94. The van der Waals surface area contributed by atoms with Gasteiger partial charge in [-0.05, 0) is 42.3 Å². The molecule has 2 aromatic rings. The molecule has 5 heteroatoms. The molecule has 0 aliphatic heterocycles. The zero-order chi connectivity index (χ0) is 15.8. The lowest BCUT2D eigenvalue weighted by molar-refractivity contribution is -0.112. The predicted molar refractivity (Wildman–Crippen MR) is 84.6 cm³/mol. The van der Waals surface area contributed by atoms with Gasteiger partial charge in [-0.15, -0.1) is 0 Å². The summed E-state index contributed by atoms with van der Waals surface area (Å²) in [5.41, 5.74) is 2.74. The molecule has 0 radical (unpaired) electrons. The van der Waals surface area contributed by atoms with Crippen molar-refractivity contribution >= 4 is 11.6 Å². The Morgan fingerprint density at radius 3 is 2.77 bits per heavy atom. The van der Waals surface area contributed by atoms with Crippen molar-refractivity contribution in [3.63, 3.8) is 0 Å². The van der Waals surface area contributed by atoms with Crippen LogP contribution < -0.4 is 10.6 Å². The molecule has 0 aliphatic rings. The number of rotatable bonds is 5. The average molecular weight is 292 g/mol. The molecule has 22 heavy (non-hydrogen) atoms. The van der Waals surface area contributed by atoms with Crippen LogP contribution in [0.2, 0.25) is 0 Å². The van der Waals surface area contributed by atoms with Gasteiger partial charge in [0, 0.05) is 30.8 Å². The first-order valence-electron chi connectivity index (χ1n) is 6.79. The molecular weight excluding hydrogens is 276 g/mol. The number of amides is 1. The number of hydrogen-bond donors (Lipinski definition) is 2. The first-order chi connectivity index (χ1) is 10.7. The van der Waals surface area contributed by atoms with E-state index in [9.17, 15) is 4.79 Å². The monoisotopic (exact) mass is 292 g/mol. The van der Waals surface area contributed by atoms with Gasteiger partial charge < -0.3 is 10.6 Å². The van der Waals surface area contributed by atoms with Crippen LogP contribution in [0.1, 0.15) is 11.1 Å². The van der Waals surface area contributed by atoms with Crippen molar-refractivity contribution in [3.8, 4) is 6.07 Å². The number of aromatic nitrogens is 1. The van der Waals surface area contributed by atoms with Crippen LogP contribution in [0.15, 0.2) is 60.6 Å². The predicted octanol–water partition coefficient (Wildman–Crippen LogP) is 2.53. The van der Waals surface area contributed by atoms with E-state index in [0.717, 1.165) is 11.1 Å². The number of hydrogen-bond acceptors (Lipinski definition) is 4. The number of nitrogens with zero attached hydrogens (tertiary/aromatic N) is 2. The molecule has 110 valence electrons. The van der Waals surface area contributed by atoms with Gasteiger partial charge >= 0.3 is 0 Å². The van der Waals surface area contributed by atoms with Crippen molar-refractivity contribution < 1.29 is 4.79 Å². The minimum atomic E-state index is -0.435. The van der Waals surface area contributed by atoms with Crippen LogP contribution >= 0.6 is 0 Å². The van der Waals surface area contributed by atoms with Crippen molar-refractivity contribution in [3.05, 3.63) is 71.7 Å². The Hall–Kier alpha value is -3.13. The Morgan fingerprint density at radius 1 is 1.32 bits per heavy atom. The topological polar surface area (TPSA) is 77.8 Å². The van der Waals surface area contributed by atoms with Gasteiger partial charge in [-0.2, -0.15) is 5.26 Å². The first kappa shape index (κ1) is 15.3. The van der Waals surface area contributed by atoms with Crippen molar-refractivity contribution in [2.75, 3.05) is 5.32 Å². The van der Waals surface area contributed by atoms with Crippen LogP contribution in [0.25, 0.3) is 0 Å². The Morgan fingerprint density at radius 2 is 2.09 bits per heavy atom. The Balaban J connectivity index is 1.97. The highest BCUT2D eigenvalue weighted by atomic mass is 16.1. The molecular formula is C17H16N4O. The van der Waals surface area contributed by atoms with Crippen LogP contribution in [0.5, 0.6) is 0 Å². The second-order valence-corrected chi connectivity index (χ2v) is 4.73. The number of benzene rings is 1. The van der Waals surface area contributed by atoms with Crippen LogP contribution in [0, 0.1) is 18.3 Å². The Kier molecular flexibility index (Phi) is 5.27. The molecule has 0 aliphatic carbocycles. The summed E-state index contributed by atoms with van der Waals surface area (Å²) in [6.07, 6.45) is 4.80. The normalized spacial score (nSPS) is 10.6. The standard InChI is InChI=1S/C17H16N4O/c1-13-3-2-4-16(9-13)21-17(22)15(10-18)12-20-11-14-5-7-19-8-6-14/h2-9,12,20H,11H2,1H3,(H,21,22)/b15-12-. The van der Waals surface area contributed by atoms with E-state index in [4.69, 9.17) is 5.26 Å². The lowest BCUT2D eigenvalue weighted by atomic mass is 10.2. The second kappa shape index (κ2) is 7.60. The first-order valence-corrected chi connectivity index (χ1v) is 6.79. The zero-order valence-electron chi connectivity index (χ0n) is 12.2. The molecule has 0 unspecified atom stereocenters. The van der Waals surface area contributed by atoms with E-state index in [-0.39, 0.29) is 5.57 Å². The van der Waals surface area contributed by atoms with Crippen molar-refractivity contribution in [2.45, 2.75) is 13.5 Å². The largest absolute Gasteiger partial charge is 0.386 e. The van der Waals surface area contributed by atoms with Crippen molar-refractivity contribution in [1.82, 2.24) is 10.3 Å². The van der Waals surface area contributed by atoms with E-state index < -0.39 is 5.91 Å². The number of aryl methyl sites for hydroxylation is 1. The van der Waals surface area contributed by atoms with Gasteiger partial charge in [-0.3, -0.25) is 9.78 Å². The SMILES string of the molecule is Cc1cccc(NC(=O)/C(C#N)=C\NCc2ccncc2)c1. The van der Waals surface area contributed by atoms with Crippen molar-refractivity contribution in [2.24, 2.45) is 0 Å². The van der Waals surface area contributed by atoms with Crippen LogP contribution in [-0.2, 0) is 11.3 Å². The van der Waals surface area contributed by atoms with Crippen molar-refractivity contribution in [1.29, 1.82) is 5.26 Å². The smallest absolute Gasteiger partial charge is 0.267 e. The quantitative estimate of drug-likeness (QED) is 0.655. The van der Waals surface area contributed by atoms with Crippen LogP contribution in [0.3, 0.4) is 0 Å². The Bertz CT molecular complexity index is 717. The molecule has 1 amide bonds. The number of nitriles is 1. The highest BCUT2D eigenvalue weighted by Crippen LogP contribution is 2.10. The van der Waals surface area contributed by atoms with E-state index in [1.165, 1.54) is 6.20 Å². The summed E-state index contributed by atoms with van der Waals surface area (Å²) in [5, 5.41) is 14.8. The summed E-state index contributed by atoms with van der Waals surface area (Å²) in [6.45, 7) is 2.46. The highest BCUT2D eigenvalue weighted by Gasteiger charge is 2.09. The average Bonchev–Trinajstić information content (AvgIpc) is 2.52. The van der Waals surface area contributed by atoms with Gasteiger partial charge in [0.2, 0.25) is 0 Å². The number of carbonyl (C=O) groups is 1. The molecule has 2 rings (SSSR count). The summed E-state index contributed by atoms with van der Waals surface area (Å²) in [7, 11) is 0. The molecule has 0 atom stereocenters. The minimum Gasteiger partial charge on any atom is -0.386 e. The van der Waals surface area contributed by atoms with E-state index in [1.807, 2.05) is 43.3 Å². The van der Waals surface area contributed by atoms with Gasteiger partial charge in [-0.1, -0.05) is 12.1 Å². The summed E-state index contributed by atoms with van der Waals surface area (Å²) >= 11 is 0. The third-order valence-corrected chi connectivity index (χ3v) is 2.94. The molecule has 2 N–H and O–H groups in total. The lowest BCUT2D eigenvalue weighted by Gasteiger charge is -2.06. The van der Waals surface area contributed by atoms with Gasteiger partial charge in [0.05, 0.1) is 0 Å². The summed E-state index contributed by atoms with van der Waals surface area (Å²) in [6, 6.07) is 13.0. The summed E-state index contributed by atoms with van der Waals surface area (Å²) in [4.78, 5) is 16.0. The fourth-order valence-corrected chi connectivity index (χ4v) is 1.84. The molecule has 5 nitrogen and oxygen atoms in total. The van der Waals surface area contributed by atoms with Gasteiger partial charge in [0.1, 0.15) is 11.6 Å². The molecule has 0 fully saturated rings. The molecule has 0 spiro atoms. The number of pyridine rings is 1. The highest BCUT2D eigenvalue weighted by molar-refractivity contribution is 6.06. The maximum Gasteiger partial charge on any atom is 0.267 e. The van der Waals surface area contributed by atoms with Gasteiger partial charge in [-0.25, -0.2) is 0 Å². The molecule has 0 saturated carbocycles. The van der Waals surface area contributed by atoms with E-state index >= 15 is 0 Å². The molecule has 0 saturated heterocycles. The van der Waals surface area contributed by atoms with E-state index in [0.29, 0.717) is 12.2 Å². The van der Waals surface area contributed by atoms with Gasteiger partial charge in [0.25, 0.3) is 5.91 Å². The van der Waals surface area contributed by atoms with Crippen LogP contribution in [-0.4, -0.2) is 10.9 Å². The number of anilines is 1.